The molecule has 0 radical (unpaired) electrons. The normalized spacial score (nSPS) is 14.1. The smallest absolute Gasteiger partial charge is 0.257 e. The number of nitrogens with one attached hydrogen (secondary N) is 1. The Kier molecular flexibility index (Phi) is 6.74. The molecule has 11 heteroatoms. The largest absolute Gasteiger partial charge is 0.363 e. The van der Waals surface area contributed by atoms with Crippen molar-refractivity contribution in [1.82, 2.24) is 10.2 Å². The zero-order chi connectivity index (χ0) is 22.2. The zero-order valence-corrected chi connectivity index (χ0v) is 17.9. The summed E-state index contributed by atoms with van der Waals surface area (Å²) in [7, 11) is 0. The molecule has 160 valence electrons. The van der Waals surface area contributed by atoms with Crippen LogP contribution >= 0.6 is 35.4 Å². The second-order valence-corrected chi connectivity index (χ2v) is 7.79. The van der Waals surface area contributed by atoms with Gasteiger partial charge in [0.05, 0.1) is 0 Å². The first-order valence-electron chi connectivity index (χ1n) is 8.74. The van der Waals surface area contributed by atoms with Crippen molar-refractivity contribution in [3.8, 4) is 0 Å². The van der Waals surface area contributed by atoms with Crippen LogP contribution in [0.5, 0.6) is 0 Å². The van der Waals surface area contributed by atoms with E-state index in [4.69, 9.17) is 35.4 Å². The molecule has 1 amide bonds. The SMILES string of the molecule is Cc1ccc(C(=O)NC(=S)N2CCN(c3c(F)c(F)c(Cl)c(F)c3F)CC2)cc1Cl. The molecule has 3 rings (SSSR count). The summed E-state index contributed by atoms with van der Waals surface area (Å²) >= 11 is 16.5. The number of benzene rings is 2. The predicted molar refractivity (Wildman–Crippen MR) is 111 cm³/mol. The Balaban J connectivity index is 1.66. The minimum absolute atomic E-state index is 0.0146. The van der Waals surface area contributed by atoms with Gasteiger partial charge in [0.2, 0.25) is 0 Å². The first kappa shape index (κ1) is 22.6. The molecule has 0 bridgehead atoms. The molecule has 0 saturated carbocycles. The van der Waals surface area contributed by atoms with E-state index in [1.165, 1.54) is 6.07 Å². The summed E-state index contributed by atoms with van der Waals surface area (Å²) in [6.07, 6.45) is 0. The Morgan fingerprint density at radius 2 is 1.57 bits per heavy atom. The van der Waals surface area contributed by atoms with Crippen molar-refractivity contribution in [2.24, 2.45) is 0 Å². The summed E-state index contributed by atoms with van der Waals surface area (Å²) in [6.45, 7) is 2.16. The molecule has 1 saturated heterocycles. The molecule has 1 aliphatic rings. The number of nitrogens with zero attached hydrogens (tertiary/aromatic N) is 2. The van der Waals surface area contributed by atoms with E-state index in [1.54, 1.807) is 24.0 Å². The molecule has 30 heavy (non-hydrogen) atoms. The lowest BCUT2D eigenvalue weighted by Gasteiger charge is -2.37. The van der Waals surface area contributed by atoms with Gasteiger partial charge in [-0.1, -0.05) is 29.3 Å². The molecule has 0 atom stereocenters. The van der Waals surface area contributed by atoms with Gasteiger partial charge in [0, 0.05) is 36.8 Å². The summed E-state index contributed by atoms with van der Waals surface area (Å²) < 4.78 is 55.7. The van der Waals surface area contributed by atoms with Gasteiger partial charge in [-0.15, -0.1) is 0 Å². The van der Waals surface area contributed by atoms with Crippen molar-refractivity contribution in [2.75, 3.05) is 31.1 Å². The van der Waals surface area contributed by atoms with E-state index in [2.05, 4.69) is 5.32 Å². The Morgan fingerprint density at radius 3 is 2.10 bits per heavy atom. The molecule has 0 unspecified atom stereocenters. The number of thiocarbonyl (C=S) groups is 1. The van der Waals surface area contributed by atoms with Gasteiger partial charge in [0.15, 0.2) is 28.4 Å². The average Bonchev–Trinajstić information content (AvgIpc) is 2.73. The van der Waals surface area contributed by atoms with Crippen molar-refractivity contribution < 1.29 is 22.4 Å². The number of halogens is 6. The van der Waals surface area contributed by atoms with Crippen LogP contribution in [0.25, 0.3) is 0 Å². The molecule has 0 spiro atoms. The van der Waals surface area contributed by atoms with Gasteiger partial charge in [-0.3, -0.25) is 10.1 Å². The highest BCUT2D eigenvalue weighted by atomic mass is 35.5. The van der Waals surface area contributed by atoms with Crippen molar-refractivity contribution in [3.63, 3.8) is 0 Å². The van der Waals surface area contributed by atoms with Crippen LogP contribution in [-0.4, -0.2) is 42.1 Å². The van der Waals surface area contributed by atoms with Gasteiger partial charge >= 0.3 is 0 Å². The maximum absolute atomic E-state index is 14.1. The highest BCUT2D eigenvalue weighted by Gasteiger charge is 2.30. The lowest BCUT2D eigenvalue weighted by molar-refractivity contribution is 0.0973. The fourth-order valence-corrected chi connectivity index (χ4v) is 3.61. The predicted octanol–water partition coefficient (Wildman–Crippen LogP) is 4.70. The average molecular weight is 480 g/mol. The van der Waals surface area contributed by atoms with E-state index >= 15 is 0 Å². The molecular weight excluding hydrogens is 465 g/mol. The highest BCUT2D eigenvalue weighted by Crippen LogP contribution is 2.33. The lowest BCUT2D eigenvalue weighted by atomic mass is 10.1. The number of piperazine rings is 1. The molecule has 1 aliphatic heterocycles. The third-order valence-electron chi connectivity index (χ3n) is 4.72. The maximum Gasteiger partial charge on any atom is 0.257 e. The Morgan fingerprint density at radius 1 is 1.00 bits per heavy atom. The molecule has 4 nitrogen and oxygen atoms in total. The van der Waals surface area contributed by atoms with E-state index < -0.39 is 39.9 Å². The minimum Gasteiger partial charge on any atom is -0.363 e. The van der Waals surface area contributed by atoms with Crippen molar-refractivity contribution in [3.05, 3.63) is 62.6 Å². The van der Waals surface area contributed by atoms with Crippen LogP contribution in [0.1, 0.15) is 15.9 Å². The first-order valence-corrected chi connectivity index (χ1v) is 9.91. The zero-order valence-electron chi connectivity index (χ0n) is 15.5. The van der Waals surface area contributed by atoms with Crippen LogP contribution in [0.3, 0.4) is 0 Å². The van der Waals surface area contributed by atoms with Gasteiger partial charge < -0.3 is 9.80 Å². The third-order valence-corrected chi connectivity index (χ3v) is 5.82. The number of hydrogen-bond acceptors (Lipinski definition) is 3. The molecule has 0 aromatic heterocycles. The second-order valence-electron chi connectivity index (χ2n) is 6.62. The van der Waals surface area contributed by atoms with Gasteiger partial charge in [-0.05, 0) is 36.8 Å². The molecule has 1 fully saturated rings. The number of hydrogen-bond donors (Lipinski definition) is 1. The fraction of sp³-hybridized carbons (Fsp3) is 0.263. The van der Waals surface area contributed by atoms with Gasteiger partial charge in [0.1, 0.15) is 10.7 Å². The van der Waals surface area contributed by atoms with E-state index in [0.717, 1.165) is 10.5 Å². The number of carbonyl (C=O) groups excluding carboxylic acids is 1. The van der Waals surface area contributed by atoms with Gasteiger partial charge in [-0.25, -0.2) is 17.6 Å². The van der Waals surface area contributed by atoms with Crippen LogP contribution < -0.4 is 10.2 Å². The number of amides is 1. The van der Waals surface area contributed by atoms with Crippen molar-refractivity contribution in [2.45, 2.75) is 6.92 Å². The highest BCUT2D eigenvalue weighted by molar-refractivity contribution is 7.80. The fourth-order valence-electron chi connectivity index (χ4n) is 2.99. The molecular formula is C19H15Cl2F4N3OS. The Labute approximate surface area is 185 Å². The topological polar surface area (TPSA) is 35.6 Å². The minimum atomic E-state index is -1.65. The van der Waals surface area contributed by atoms with E-state index in [-0.39, 0.29) is 31.3 Å². The molecule has 0 aliphatic carbocycles. The number of aryl methyl sites for hydroxylation is 1. The van der Waals surface area contributed by atoms with Crippen LogP contribution in [0.15, 0.2) is 18.2 Å². The number of carbonyl (C=O) groups is 1. The summed E-state index contributed by atoms with van der Waals surface area (Å²) in [6, 6.07) is 4.82. The van der Waals surface area contributed by atoms with E-state index in [9.17, 15) is 22.4 Å². The lowest BCUT2D eigenvalue weighted by Crippen LogP contribution is -2.53. The Bertz CT molecular complexity index is 1000. The Hall–Kier alpha value is -2.10. The summed E-state index contributed by atoms with van der Waals surface area (Å²) in [5.74, 6) is -6.86. The van der Waals surface area contributed by atoms with Crippen molar-refractivity contribution >= 4 is 52.1 Å². The standard InChI is InChI=1S/C19H15Cl2F4N3OS/c1-9-2-3-10(8-11(9)20)18(29)26-19(30)28-6-4-27(5-7-28)17-15(24)13(22)12(21)14(23)16(17)25/h2-3,8H,4-7H2,1H3,(H,26,29,30). The number of anilines is 1. The van der Waals surface area contributed by atoms with Crippen LogP contribution in [0.4, 0.5) is 23.2 Å². The molecule has 1 heterocycles. The molecule has 1 N–H and O–H groups in total. The second kappa shape index (κ2) is 8.95. The summed E-state index contributed by atoms with van der Waals surface area (Å²) in [4.78, 5) is 15.1. The molecule has 2 aromatic carbocycles. The number of rotatable bonds is 2. The molecule has 2 aromatic rings. The quantitative estimate of drug-likeness (QED) is 0.293. The van der Waals surface area contributed by atoms with Crippen LogP contribution in [-0.2, 0) is 0 Å². The third kappa shape index (κ3) is 4.33. The van der Waals surface area contributed by atoms with Crippen LogP contribution in [0.2, 0.25) is 10.0 Å². The van der Waals surface area contributed by atoms with E-state index in [0.29, 0.717) is 10.6 Å². The maximum atomic E-state index is 14.1. The van der Waals surface area contributed by atoms with Gasteiger partial charge in [0.25, 0.3) is 5.91 Å². The monoisotopic (exact) mass is 479 g/mol. The van der Waals surface area contributed by atoms with Crippen molar-refractivity contribution in [1.29, 1.82) is 0 Å². The first-order chi connectivity index (χ1) is 14.1. The van der Waals surface area contributed by atoms with Crippen LogP contribution in [0, 0.1) is 30.2 Å². The van der Waals surface area contributed by atoms with E-state index in [1.807, 2.05) is 0 Å². The summed E-state index contributed by atoms with van der Waals surface area (Å²) in [5, 5.41) is 1.90. The van der Waals surface area contributed by atoms with Gasteiger partial charge in [-0.2, -0.15) is 0 Å². The summed E-state index contributed by atoms with van der Waals surface area (Å²) in [5.41, 5.74) is 0.322.